The summed E-state index contributed by atoms with van der Waals surface area (Å²) in [7, 11) is 0. The minimum Gasteiger partial charge on any atom is -0.476 e. The highest BCUT2D eigenvalue weighted by Crippen LogP contribution is 2.49. The number of fused-ring (bicyclic) bond motifs is 3. The zero-order chi connectivity index (χ0) is 13.7. The van der Waals surface area contributed by atoms with Gasteiger partial charge in [0.2, 0.25) is 0 Å². The fourth-order valence-corrected chi connectivity index (χ4v) is 3.70. The summed E-state index contributed by atoms with van der Waals surface area (Å²) in [4.78, 5) is 19.7. The summed E-state index contributed by atoms with van der Waals surface area (Å²) in [6, 6.07) is 0. The average molecular weight is 270 g/mol. The maximum absolute atomic E-state index is 11.4. The quantitative estimate of drug-likeness (QED) is 0.900. The molecular weight excluding hydrogens is 256 g/mol. The molecule has 2 aromatic rings. The molecule has 0 saturated heterocycles. The lowest BCUT2D eigenvalue weighted by Crippen LogP contribution is -2.10. The van der Waals surface area contributed by atoms with Crippen LogP contribution in [0.5, 0.6) is 0 Å². The number of carboxylic acid groups (broad SMARTS) is 1. The minimum atomic E-state index is -0.955. The molecule has 6 heteroatoms. The summed E-state index contributed by atoms with van der Waals surface area (Å²) in [5.74, 6) is 0.643. The molecule has 20 heavy (non-hydrogen) atoms. The van der Waals surface area contributed by atoms with E-state index in [-0.39, 0.29) is 5.69 Å². The Kier molecular flexibility index (Phi) is 2.39. The lowest BCUT2D eigenvalue weighted by molar-refractivity contribution is 0.0688. The van der Waals surface area contributed by atoms with Crippen molar-refractivity contribution in [3.8, 4) is 5.82 Å². The van der Waals surface area contributed by atoms with Crippen LogP contribution < -0.4 is 0 Å². The van der Waals surface area contributed by atoms with Crippen LogP contribution in [0, 0.1) is 5.92 Å². The molecule has 2 aliphatic carbocycles. The topological polar surface area (TPSA) is 80.9 Å². The summed E-state index contributed by atoms with van der Waals surface area (Å²) in [6.07, 6.45) is 9.17. The standard InChI is InChI=1S/C14H14N4O2/c19-14(20)12-10-6-8-2-1-3-9(8)13(10)18(17-12)11-7-15-4-5-16-11/h4-5,7-9H,1-3,6H2,(H,19,20). The van der Waals surface area contributed by atoms with Gasteiger partial charge in [-0.1, -0.05) is 6.42 Å². The van der Waals surface area contributed by atoms with Crippen molar-refractivity contribution in [2.75, 3.05) is 0 Å². The highest BCUT2D eigenvalue weighted by atomic mass is 16.4. The molecule has 2 atom stereocenters. The molecule has 2 aromatic heterocycles. The zero-order valence-electron chi connectivity index (χ0n) is 10.9. The molecular formula is C14H14N4O2. The van der Waals surface area contributed by atoms with E-state index in [1.54, 1.807) is 23.3 Å². The molecule has 6 nitrogen and oxygen atoms in total. The Morgan fingerprint density at radius 2 is 2.25 bits per heavy atom. The number of hydrogen-bond donors (Lipinski definition) is 1. The molecule has 1 saturated carbocycles. The first kappa shape index (κ1) is 11.6. The van der Waals surface area contributed by atoms with E-state index in [0.717, 1.165) is 24.1 Å². The van der Waals surface area contributed by atoms with Crippen LogP contribution in [0.4, 0.5) is 0 Å². The van der Waals surface area contributed by atoms with Gasteiger partial charge in [0.25, 0.3) is 0 Å². The Hall–Kier alpha value is -2.24. The molecule has 4 rings (SSSR count). The molecule has 2 heterocycles. The van der Waals surface area contributed by atoms with Gasteiger partial charge in [-0.15, -0.1) is 0 Å². The van der Waals surface area contributed by atoms with E-state index < -0.39 is 5.97 Å². The molecule has 0 aliphatic heterocycles. The van der Waals surface area contributed by atoms with Crippen LogP contribution in [0.2, 0.25) is 0 Å². The van der Waals surface area contributed by atoms with Gasteiger partial charge < -0.3 is 5.11 Å². The first-order valence-corrected chi connectivity index (χ1v) is 6.87. The van der Waals surface area contributed by atoms with Gasteiger partial charge in [0, 0.05) is 23.9 Å². The van der Waals surface area contributed by atoms with Crippen LogP contribution >= 0.6 is 0 Å². The largest absolute Gasteiger partial charge is 0.476 e. The van der Waals surface area contributed by atoms with Gasteiger partial charge in [-0.25, -0.2) is 14.5 Å². The summed E-state index contributed by atoms with van der Waals surface area (Å²) in [5.41, 5.74) is 2.13. The molecule has 1 fully saturated rings. The Labute approximate surface area is 115 Å². The SMILES string of the molecule is O=C(O)c1nn(-c2cnccn2)c2c1CC1CCCC21. The molecule has 0 bridgehead atoms. The van der Waals surface area contributed by atoms with Gasteiger partial charge in [0.05, 0.1) is 11.9 Å². The van der Waals surface area contributed by atoms with Crippen molar-refractivity contribution in [2.45, 2.75) is 31.6 Å². The zero-order valence-corrected chi connectivity index (χ0v) is 10.9. The maximum atomic E-state index is 11.4. The van der Waals surface area contributed by atoms with Crippen LogP contribution in [0.25, 0.3) is 5.82 Å². The number of carbonyl (C=O) groups is 1. The predicted molar refractivity (Wildman–Crippen MR) is 69.9 cm³/mol. The second kappa shape index (κ2) is 4.13. The minimum absolute atomic E-state index is 0.181. The molecule has 0 radical (unpaired) electrons. The Bertz CT molecular complexity index is 680. The second-order valence-corrected chi connectivity index (χ2v) is 5.49. The van der Waals surface area contributed by atoms with Crippen LogP contribution in [-0.4, -0.2) is 30.8 Å². The Morgan fingerprint density at radius 1 is 1.35 bits per heavy atom. The number of nitrogens with zero attached hydrogens (tertiary/aromatic N) is 4. The van der Waals surface area contributed by atoms with Gasteiger partial charge in [0.1, 0.15) is 0 Å². The summed E-state index contributed by atoms with van der Waals surface area (Å²) in [6.45, 7) is 0. The van der Waals surface area contributed by atoms with Gasteiger partial charge >= 0.3 is 5.97 Å². The normalized spacial score (nSPS) is 23.6. The van der Waals surface area contributed by atoms with E-state index in [1.807, 2.05) is 0 Å². The smallest absolute Gasteiger partial charge is 0.356 e. The first-order valence-electron chi connectivity index (χ1n) is 6.87. The molecule has 0 amide bonds. The van der Waals surface area contributed by atoms with Gasteiger partial charge in [-0.2, -0.15) is 5.10 Å². The number of hydrogen-bond acceptors (Lipinski definition) is 4. The van der Waals surface area contributed by atoms with E-state index >= 15 is 0 Å². The lowest BCUT2D eigenvalue weighted by Gasteiger charge is -2.12. The third-order valence-corrected chi connectivity index (χ3v) is 4.47. The maximum Gasteiger partial charge on any atom is 0.356 e. The summed E-state index contributed by atoms with van der Waals surface area (Å²) in [5, 5.41) is 13.6. The third kappa shape index (κ3) is 1.51. The van der Waals surface area contributed by atoms with E-state index in [2.05, 4.69) is 15.1 Å². The summed E-state index contributed by atoms with van der Waals surface area (Å²) < 4.78 is 1.70. The van der Waals surface area contributed by atoms with Crippen LogP contribution in [0.3, 0.4) is 0 Å². The van der Waals surface area contributed by atoms with Crippen molar-refractivity contribution in [3.63, 3.8) is 0 Å². The molecule has 2 aliphatic rings. The van der Waals surface area contributed by atoms with Crippen LogP contribution in [0.15, 0.2) is 18.6 Å². The van der Waals surface area contributed by atoms with Crippen molar-refractivity contribution in [3.05, 3.63) is 35.5 Å². The third-order valence-electron chi connectivity index (χ3n) is 4.47. The van der Waals surface area contributed by atoms with Crippen molar-refractivity contribution < 1.29 is 9.90 Å². The van der Waals surface area contributed by atoms with E-state index in [4.69, 9.17) is 0 Å². The van der Waals surface area contributed by atoms with Gasteiger partial charge in [0.15, 0.2) is 11.5 Å². The van der Waals surface area contributed by atoms with Crippen molar-refractivity contribution in [2.24, 2.45) is 5.92 Å². The van der Waals surface area contributed by atoms with E-state index in [0.29, 0.717) is 17.7 Å². The number of aromatic carboxylic acids is 1. The fourth-order valence-electron chi connectivity index (χ4n) is 3.70. The monoisotopic (exact) mass is 270 g/mol. The second-order valence-electron chi connectivity index (χ2n) is 5.49. The molecule has 0 spiro atoms. The fraction of sp³-hybridized carbons (Fsp3) is 0.429. The van der Waals surface area contributed by atoms with Crippen LogP contribution in [0.1, 0.15) is 46.9 Å². The van der Waals surface area contributed by atoms with E-state index in [1.165, 1.54) is 12.8 Å². The number of aromatic nitrogens is 4. The predicted octanol–water partition coefficient (Wildman–Crippen LogP) is 1.80. The first-order chi connectivity index (χ1) is 9.75. The van der Waals surface area contributed by atoms with Gasteiger partial charge in [-0.3, -0.25) is 4.98 Å². The Morgan fingerprint density at radius 3 is 3.00 bits per heavy atom. The molecule has 2 unspecified atom stereocenters. The number of carboxylic acids is 1. The lowest BCUT2D eigenvalue weighted by atomic mass is 9.99. The molecule has 1 N–H and O–H groups in total. The molecule has 0 aromatic carbocycles. The van der Waals surface area contributed by atoms with Crippen LogP contribution in [-0.2, 0) is 6.42 Å². The highest BCUT2D eigenvalue weighted by molar-refractivity contribution is 5.88. The van der Waals surface area contributed by atoms with Crippen molar-refractivity contribution in [1.29, 1.82) is 0 Å². The van der Waals surface area contributed by atoms with Crippen molar-refractivity contribution in [1.82, 2.24) is 19.7 Å². The average Bonchev–Trinajstić information content (AvgIpc) is 3.09. The highest BCUT2D eigenvalue weighted by Gasteiger charge is 2.42. The van der Waals surface area contributed by atoms with E-state index in [9.17, 15) is 9.90 Å². The van der Waals surface area contributed by atoms with Gasteiger partial charge in [-0.05, 0) is 25.2 Å². The Balaban J connectivity index is 1.92. The summed E-state index contributed by atoms with van der Waals surface area (Å²) >= 11 is 0. The number of rotatable bonds is 2. The molecule has 102 valence electrons. The van der Waals surface area contributed by atoms with Crippen molar-refractivity contribution >= 4 is 5.97 Å².